The van der Waals surface area contributed by atoms with Gasteiger partial charge in [-0.15, -0.1) is 0 Å². The molecular formula is C29H45N3. The van der Waals surface area contributed by atoms with Gasteiger partial charge >= 0.3 is 0 Å². The van der Waals surface area contributed by atoms with E-state index in [0.29, 0.717) is 27.9 Å². The van der Waals surface area contributed by atoms with Crippen molar-refractivity contribution in [2.24, 2.45) is 51.8 Å². The number of rotatable bonds is 4. The van der Waals surface area contributed by atoms with Crippen molar-refractivity contribution in [1.29, 1.82) is 5.26 Å². The SMILES string of the molecule is CC[C@@]1(C)CCC2(C)C(CCC3C2CCC2(C)C(C(C)Cn4ccc(C#N)n4)CCC32)C1. The number of aromatic nitrogens is 2. The van der Waals surface area contributed by atoms with Crippen molar-refractivity contribution < 1.29 is 0 Å². The van der Waals surface area contributed by atoms with Crippen LogP contribution >= 0.6 is 0 Å². The molecule has 3 heteroatoms. The second kappa shape index (κ2) is 7.89. The Hall–Kier alpha value is -1.30. The number of hydrogen-bond donors (Lipinski definition) is 0. The molecule has 4 aliphatic carbocycles. The summed E-state index contributed by atoms with van der Waals surface area (Å²) in [5.41, 5.74) is 2.25. The average molecular weight is 436 g/mol. The van der Waals surface area contributed by atoms with E-state index in [9.17, 15) is 0 Å². The molecule has 1 heterocycles. The average Bonchev–Trinajstić information content (AvgIpc) is 3.37. The Morgan fingerprint density at radius 1 is 1.06 bits per heavy atom. The number of nitriles is 1. The maximum atomic E-state index is 9.12. The van der Waals surface area contributed by atoms with Crippen molar-refractivity contribution in [2.45, 2.75) is 105 Å². The summed E-state index contributed by atoms with van der Waals surface area (Å²) < 4.78 is 2.02. The molecule has 4 aliphatic rings. The van der Waals surface area contributed by atoms with E-state index in [0.717, 1.165) is 36.1 Å². The van der Waals surface area contributed by atoms with Crippen molar-refractivity contribution in [3.05, 3.63) is 18.0 Å². The van der Waals surface area contributed by atoms with Gasteiger partial charge in [0.15, 0.2) is 5.69 Å². The molecule has 0 N–H and O–H groups in total. The molecular weight excluding hydrogens is 390 g/mol. The zero-order chi connectivity index (χ0) is 22.7. The largest absolute Gasteiger partial charge is 0.271 e. The molecule has 8 unspecified atom stereocenters. The summed E-state index contributed by atoms with van der Waals surface area (Å²) in [7, 11) is 0. The van der Waals surface area contributed by atoms with E-state index >= 15 is 0 Å². The van der Waals surface area contributed by atoms with E-state index in [4.69, 9.17) is 5.26 Å². The molecule has 176 valence electrons. The zero-order valence-electron chi connectivity index (χ0n) is 21.2. The van der Waals surface area contributed by atoms with Crippen LogP contribution in [0.25, 0.3) is 0 Å². The zero-order valence-corrected chi connectivity index (χ0v) is 21.2. The predicted octanol–water partition coefficient (Wildman–Crippen LogP) is 7.47. The number of hydrogen-bond acceptors (Lipinski definition) is 2. The lowest BCUT2D eigenvalue weighted by atomic mass is 9.42. The topological polar surface area (TPSA) is 41.6 Å². The van der Waals surface area contributed by atoms with Crippen molar-refractivity contribution in [1.82, 2.24) is 9.78 Å². The first-order chi connectivity index (χ1) is 15.2. The van der Waals surface area contributed by atoms with Crippen LogP contribution in [0.5, 0.6) is 0 Å². The lowest BCUT2D eigenvalue weighted by Gasteiger charge is -2.62. The van der Waals surface area contributed by atoms with Crippen molar-refractivity contribution >= 4 is 0 Å². The van der Waals surface area contributed by atoms with E-state index in [2.05, 4.69) is 45.8 Å². The van der Waals surface area contributed by atoms with Crippen LogP contribution in [-0.2, 0) is 6.54 Å². The van der Waals surface area contributed by atoms with E-state index < -0.39 is 0 Å². The van der Waals surface area contributed by atoms with E-state index in [1.54, 1.807) is 0 Å². The molecule has 0 aliphatic heterocycles. The standard InChI is InChI=1S/C29H45N3/c1-6-27(3)14-15-28(4)21(17-27)7-8-23-25-10-9-24(29(25,5)13-11-26(23)28)20(2)19-32-16-12-22(18-30)31-32/h12,16,20-21,23-26H,6-11,13-15,17,19H2,1-5H3/t20?,21?,23?,24?,25?,26?,27-,28?,29?/m0/s1. The van der Waals surface area contributed by atoms with Crippen LogP contribution in [0.3, 0.4) is 0 Å². The van der Waals surface area contributed by atoms with Gasteiger partial charge in [-0.3, -0.25) is 4.68 Å². The third-order valence-corrected chi connectivity index (χ3v) is 11.9. The van der Waals surface area contributed by atoms with Gasteiger partial charge in [0.25, 0.3) is 0 Å². The van der Waals surface area contributed by atoms with Crippen LogP contribution in [-0.4, -0.2) is 9.78 Å². The Bertz CT molecular complexity index is 881. The fourth-order valence-electron chi connectivity index (χ4n) is 9.77. The Morgan fingerprint density at radius 2 is 1.84 bits per heavy atom. The molecule has 9 atom stereocenters. The highest BCUT2D eigenvalue weighted by atomic mass is 15.3. The normalized spacial score (nSPS) is 46.6. The molecule has 1 aromatic heterocycles. The van der Waals surface area contributed by atoms with Crippen molar-refractivity contribution in [3.8, 4) is 6.07 Å². The number of nitrogens with zero attached hydrogens (tertiary/aromatic N) is 3. The minimum Gasteiger partial charge on any atom is -0.271 e. The van der Waals surface area contributed by atoms with Crippen molar-refractivity contribution in [2.75, 3.05) is 0 Å². The van der Waals surface area contributed by atoms with Gasteiger partial charge in [-0.05, 0) is 116 Å². The summed E-state index contributed by atoms with van der Waals surface area (Å²) in [6, 6.07) is 4.03. The van der Waals surface area contributed by atoms with E-state index in [1.807, 2.05) is 16.9 Å². The highest BCUT2D eigenvalue weighted by Crippen LogP contribution is 2.69. The van der Waals surface area contributed by atoms with Gasteiger partial charge in [-0.2, -0.15) is 10.4 Å². The third kappa shape index (κ3) is 3.38. The Balaban J connectivity index is 1.32. The summed E-state index contributed by atoms with van der Waals surface area (Å²) >= 11 is 0. The van der Waals surface area contributed by atoms with Crippen LogP contribution in [0.4, 0.5) is 0 Å². The molecule has 3 nitrogen and oxygen atoms in total. The third-order valence-electron chi connectivity index (χ3n) is 11.9. The van der Waals surface area contributed by atoms with E-state index in [1.165, 1.54) is 64.2 Å². The van der Waals surface area contributed by atoms with Gasteiger partial charge in [-0.25, -0.2) is 0 Å². The highest BCUT2D eigenvalue weighted by Gasteiger charge is 2.61. The fourth-order valence-corrected chi connectivity index (χ4v) is 9.77. The van der Waals surface area contributed by atoms with Crippen molar-refractivity contribution in [3.63, 3.8) is 0 Å². The molecule has 0 bridgehead atoms. The van der Waals surface area contributed by atoms with Gasteiger partial charge in [-0.1, -0.05) is 41.0 Å². The molecule has 4 fully saturated rings. The fraction of sp³-hybridized carbons (Fsp3) is 0.862. The van der Waals surface area contributed by atoms with Crippen LogP contribution in [0, 0.1) is 63.1 Å². The Kier molecular flexibility index (Phi) is 5.54. The van der Waals surface area contributed by atoms with Gasteiger partial charge in [0.05, 0.1) is 0 Å². The van der Waals surface area contributed by atoms with Crippen LogP contribution in [0.2, 0.25) is 0 Å². The molecule has 0 aromatic carbocycles. The minimum absolute atomic E-state index is 0.502. The minimum atomic E-state index is 0.502. The lowest BCUT2D eigenvalue weighted by Crippen LogP contribution is -2.54. The van der Waals surface area contributed by atoms with Crippen LogP contribution < -0.4 is 0 Å². The molecule has 0 spiro atoms. The molecule has 1 aromatic rings. The smallest absolute Gasteiger partial charge is 0.162 e. The molecule has 0 amide bonds. The first-order valence-corrected chi connectivity index (χ1v) is 13.7. The highest BCUT2D eigenvalue weighted by molar-refractivity contribution is 5.16. The second-order valence-corrected chi connectivity index (χ2v) is 13.3. The van der Waals surface area contributed by atoms with Gasteiger partial charge < -0.3 is 0 Å². The first kappa shape index (κ1) is 22.5. The van der Waals surface area contributed by atoms with Crippen LogP contribution in [0.1, 0.15) is 105 Å². The molecule has 5 rings (SSSR count). The van der Waals surface area contributed by atoms with Gasteiger partial charge in [0.2, 0.25) is 0 Å². The quantitative estimate of drug-likeness (QED) is 0.492. The molecule has 32 heavy (non-hydrogen) atoms. The molecule has 0 radical (unpaired) electrons. The summed E-state index contributed by atoms with van der Waals surface area (Å²) in [6.45, 7) is 13.8. The Labute approximate surface area is 196 Å². The summed E-state index contributed by atoms with van der Waals surface area (Å²) in [6.07, 6.45) is 16.5. The van der Waals surface area contributed by atoms with Crippen LogP contribution in [0.15, 0.2) is 12.3 Å². The Morgan fingerprint density at radius 3 is 2.56 bits per heavy atom. The molecule has 0 saturated heterocycles. The first-order valence-electron chi connectivity index (χ1n) is 13.7. The second-order valence-electron chi connectivity index (χ2n) is 13.3. The maximum absolute atomic E-state index is 9.12. The summed E-state index contributed by atoms with van der Waals surface area (Å²) in [5.74, 6) is 5.26. The lowest BCUT2D eigenvalue weighted by molar-refractivity contribution is -0.132. The predicted molar refractivity (Wildman–Crippen MR) is 130 cm³/mol. The maximum Gasteiger partial charge on any atom is 0.162 e. The number of fused-ring (bicyclic) bond motifs is 5. The van der Waals surface area contributed by atoms with Gasteiger partial charge in [0, 0.05) is 12.7 Å². The monoisotopic (exact) mass is 435 g/mol. The van der Waals surface area contributed by atoms with E-state index in [-0.39, 0.29) is 0 Å². The summed E-state index contributed by atoms with van der Waals surface area (Å²) in [5, 5.41) is 13.6. The summed E-state index contributed by atoms with van der Waals surface area (Å²) in [4.78, 5) is 0. The molecule has 4 saturated carbocycles. The van der Waals surface area contributed by atoms with Gasteiger partial charge in [0.1, 0.15) is 6.07 Å².